The lowest BCUT2D eigenvalue weighted by molar-refractivity contribution is -0.126. The summed E-state index contributed by atoms with van der Waals surface area (Å²) >= 11 is 1.58. The average molecular weight is 410 g/mol. The van der Waals surface area contributed by atoms with Crippen LogP contribution in [-0.2, 0) is 4.79 Å². The number of hydrogen-bond acceptors (Lipinski definition) is 5. The van der Waals surface area contributed by atoms with E-state index in [4.69, 9.17) is 4.74 Å². The van der Waals surface area contributed by atoms with Gasteiger partial charge in [-0.1, -0.05) is 6.07 Å². The maximum atomic E-state index is 12.5. The van der Waals surface area contributed by atoms with Crippen LogP contribution < -0.4 is 9.47 Å². The summed E-state index contributed by atoms with van der Waals surface area (Å²) < 4.78 is 34.8. The number of hydrogen-bond donors (Lipinski definition) is 0. The van der Waals surface area contributed by atoms with Crippen LogP contribution in [0.25, 0.3) is 6.08 Å². The van der Waals surface area contributed by atoms with Gasteiger partial charge in [0.2, 0.25) is 5.91 Å². The Balaban J connectivity index is 2.14. The number of aromatic nitrogens is 1. The molecule has 0 aliphatic carbocycles. The fraction of sp³-hybridized carbons (Fsp3) is 0.400. The van der Waals surface area contributed by atoms with Crippen molar-refractivity contribution in [2.24, 2.45) is 0 Å². The summed E-state index contributed by atoms with van der Waals surface area (Å²) in [6.45, 7) is 4.94. The van der Waals surface area contributed by atoms with Crippen LogP contribution in [0.2, 0.25) is 0 Å². The molecule has 0 N–H and O–H groups in total. The number of nitrogens with zero attached hydrogens (tertiary/aromatic N) is 2. The van der Waals surface area contributed by atoms with Gasteiger partial charge in [0, 0.05) is 18.0 Å². The number of carbonyl (C=O) groups excluding carboxylic acids is 1. The van der Waals surface area contributed by atoms with Crippen molar-refractivity contribution >= 4 is 23.3 Å². The van der Waals surface area contributed by atoms with Gasteiger partial charge >= 0.3 is 6.61 Å². The van der Waals surface area contributed by atoms with Gasteiger partial charge < -0.3 is 14.4 Å². The average Bonchev–Trinajstić information content (AvgIpc) is 2.98. The van der Waals surface area contributed by atoms with Gasteiger partial charge in [-0.05, 0) is 51.5 Å². The zero-order valence-electron chi connectivity index (χ0n) is 16.5. The van der Waals surface area contributed by atoms with Crippen LogP contribution in [0, 0.1) is 13.8 Å². The van der Waals surface area contributed by atoms with Gasteiger partial charge in [-0.2, -0.15) is 8.78 Å². The Kier molecular flexibility index (Phi) is 7.51. The number of likely N-dealkylation sites (N-methyl/N-ethyl adjacent to an activating group) is 1. The van der Waals surface area contributed by atoms with E-state index in [9.17, 15) is 13.6 Å². The molecule has 0 aliphatic heterocycles. The maximum absolute atomic E-state index is 12.5. The van der Waals surface area contributed by atoms with Crippen molar-refractivity contribution in [3.05, 3.63) is 45.4 Å². The van der Waals surface area contributed by atoms with Gasteiger partial charge in [0.1, 0.15) is 0 Å². The third kappa shape index (κ3) is 5.51. The van der Waals surface area contributed by atoms with Crippen LogP contribution in [0.15, 0.2) is 24.3 Å². The maximum Gasteiger partial charge on any atom is 0.387 e. The molecule has 8 heteroatoms. The molecule has 0 aliphatic rings. The second kappa shape index (κ2) is 9.64. The minimum absolute atomic E-state index is 0.0397. The summed E-state index contributed by atoms with van der Waals surface area (Å²) in [5.41, 5.74) is 1.57. The molecule has 152 valence electrons. The van der Waals surface area contributed by atoms with Gasteiger partial charge in [-0.25, -0.2) is 4.98 Å². The summed E-state index contributed by atoms with van der Waals surface area (Å²) in [4.78, 5) is 19.6. The Morgan fingerprint density at radius 1 is 1.32 bits per heavy atom. The Morgan fingerprint density at radius 3 is 2.61 bits per heavy atom. The summed E-state index contributed by atoms with van der Waals surface area (Å²) in [6.07, 6.45) is 3.06. The van der Waals surface area contributed by atoms with Crippen LogP contribution in [0.3, 0.4) is 0 Å². The fourth-order valence-corrected chi connectivity index (χ4v) is 3.70. The van der Waals surface area contributed by atoms with Crippen molar-refractivity contribution < 1.29 is 23.0 Å². The number of rotatable bonds is 8. The number of halogens is 2. The molecule has 2 rings (SSSR count). The normalized spacial score (nSPS) is 12.4. The highest BCUT2D eigenvalue weighted by Gasteiger charge is 2.20. The van der Waals surface area contributed by atoms with E-state index in [1.807, 2.05) is 20.8 Å². The SMILES string of the molecule is CCOc1cc(C=CC(=O)N(C)C(C)c2sc(C)nc2C)ccc1OC(F)F. The van der Waals surface area contributed by atoms with E-state index in [2.05, 4.69) is 9.72 Å². The molecule has 5 nitrogen and oxygen atoms in total. The Morgan fingerprint density at radius 2 is 2.04 bits per heavy atom. The largest absolute Gasteiger partial charge is 0.490 e. The van der Waals surface area contributed by atoms with Crippen molar-refractivity contribution in [2.75, 3.05) is 13.7 Å². The molecule has 1 heterocycles. The van der Waals surface area contributed by atoms with Gasteiger partial charge in [0.25, 0.3) is 0 Å². The minimum atomic E-state index is -2.93. The molecule has 1 atom stereocenters. The van der Waals surface area contributed by atoms with Crippen molar-refractivity contribution in [1.29, 1.82) is 0 Å². The van der Waals surface area contributed by atoms with Crippen molar-refractivity contribution in [3.8, 4) is 11.5 Å². The van der Waals surface area contributed by atoms with E-state index in [0.29, 0.717) is 12.2 Å². The molecular formula is C20H24F2N2O3S. The molecular weight excluding hydrogens is 386 g/mol. The van der Waals surface area contributed by atoms with E-state index >= 15 is 0 Å². The van der Waals surface area contributed by atoms with E-state index in [1.54, 1.807) is 48.4 Å². The molecule has 0 saturated heterocycles. The van der Waals surface area contributed by atoms with Crippen LogP contribution >= 0.6 is 11.3 Å². The molecule has 1 aromatic heterocycles. The number of amides is 1. The molecule has 1 unspecified atom stereocenters. The number of benzene rings is 1. The van der Waals surface area contributed by atoms with Crippen molar-refractivity contribution in [3.63, 3.8) is 0 Å². The van der Waals surface area contributed by atoms with Crippen LogP contribution in [-0.4, -0.2) is 36.1 Å². The second-order valence-corrected chi connectivity index (χ2v) is 7.39. The van der Waals surface area contributed by atoms with E-state index < -0.39 is 6.61 Å². The minimum Gasteiger partial charge on any atom is -0.490 e. The number of carbonyl (C=O) groups is 1. The predicted molar refractivity (Wildman–Crippen MR) is 106 cm³/mol. The van der Waals surface area contributed by atoms with E-state index in [0.717, 1.165) is 15.6 Å². The third-order valence-corrected chi connectivity index (χ3v) is 5.39. The lowest BCUT2D eigenvalue weighted by atomic mass is 10.1. The smallest absolute Gasteiger partial charge is 0.387 e. The number of aryl methyl sites for hydroxylation is 2. The second-order valence-electron chi connectivity index (χ2n) is 6.16. The van der Waals surface area contributed by atoms with Gasteiger partial charge in [-0.3, -0.25) is 4.79 Å². The lowest BCUT2D eigenvalue weighted by Gasteiger charge is -2.23. The van der Waals surface area contributed by atoms with Crippen molar-refractivity contribution in [1.82, 2.24) is 9.88 Å². The van der Waals surface area contributed by atoms with Gasteiger partial charge in [0.15, 0.2) is 11.5 Å². The topological polar surface area (TPSA) is 51.7 Å². The molecule has 2 aromatic rings. The number of thiazole rings is 1. The van der Waals surface area contributed by atoms with Crippen molar-refractivity contribution in [2.45, 2.75) is 40.3 Å². The Labute approximate surface area is 167 Å². The van der Waals surface area contributed by atoms with Crippen LogP contribution in [0.1, 0.15) is 41.0 Å². The summed E-state index contributed by atoms with van der Waals surface area (Å²) in [6, 6.07) is 4.44. The van der Waals surface area contributed by atoms with Crippen LogP contribution in [0.4, 0.5) is 8.78 Å². The fourth-order valence-electron chi connectivity index (χ4n) is 2.68. The first kappa shape index (κ1) is 21.8. The highest BCUT2D eigenvalue weighted by Crippen LogP contribution is 2.31. The Bertz CT molecular complexity index is 852. The van der Waals surface area contributed by atoms with E-state index in [1.165, 1.54) is 12.1 Å². The Hall–Kier alpha value is -2.48. The molecule has 0 fully saturated rings. The first-order valence-electron chi connectivity index (χ1n) is 8.83. The zero-order valence-corrected chi connectivity index (χ0v) is 17.3. The first-order chi connectivity index (χ1) is 13.2. The third-order valence-electron chi connectivity index (χ3n) is 4.15. The quantitative estimate of drug-likeness (QED) is 0.575. The predicted octanol–water partition coefficient (Wildman–Crippen LogP) is 4.99. The standard InChI is InChI=1S/C20H24F2N2O3S/c1-6-26-17-11-15(7-9-16(17)27-20(21)22)8-10-18(25)24(5)13(3)19-12(2)23-14(4)28-19/h7-11,13,20H,6H2,1-5H3. The molecule has 0 radical (unpaired) electrons. The molecule has 0 saturated carbocycles. The van der Waals surface area contributed by atoms with Crippen LogP contribution in [0.5, 0.6) is 11.5 Å². The summed E-state index contributed by atoms with van der Waals surface area (Å²) in [7, 11) is 1.73. The summed E-state index contributed by atoms with van der Waals surface area (Å²) in [5.74, 6) is -0.0131. The first-order valence-corrected chi connectivity index (χ1v) is 9.65. The molecule has 0 bridgehead atoms. The molecule has 1 amide bonds. The highest BCUT2D eigenvalue weighted by atomic mass is 32.1. The molecule has 1 aromatic carbocycles. The summed E-state index contributed by atoms with van der Waals surface area (Å²) in [5, 5.41) is 0.963. The number of ether oxygens (including phenoxy) is 2. The van der Waals surface area contributed by atoms with Gasteiger partial charge in [0.05, 0.1) is 23.4 Å². The zero-order chi connectivity index (χ0) is 20.8. The van der Waals surface area contributed by atoms with E-state index in [-0.39, 0.29) is 23.4 Å². The molecule has 28 heavy (non-hydrogen) atoms. The highest BCUT2D eigenvalue weighted by molar-refractivity contribution is 7.11. The molecule has 0 spiro atoms. The monoisotopic (exact) mass is 410 g/mol. The number of alkyl halides is 2. The lowest BCUT2D eigenvalue weighted by Crippen LogP contribution is -2.27. The van der Waals surface area contributed by atoms with Gasteiger partial charge in [-0.15, -0.1) is 11.3 Å².